The molecule has 0 fully saturated rings. The normalized spacial score (nSPS) is 14.8. The van der Waals surface area contributed by atoms with Crippen molar-refractivity contribution in [3.8, 4) is 0 Å². The van der Waals surface area contributed by atoms with Gasteiger partial charge in [0.05, 0.1) is 21.8 Å². The number of ether oxygens (including phenoxy) is 1. The average molecular weight is 358 g/mol. The van der Waals surface area contributed by atoms with Crippen LogP contribution in [-0.4, -0.2) is 33.7 Å². The van der Waals surface area contributed by atoms with Crippen molar-refractivity contribution in [1.29, 1.82) is 0 Å². The van der Waals surface area contributed by atoms with E-state index in [1.807, 2.05) is 12.3 Å². The van der Waals surface area contributed by atoms with Gasteiger partial charge in [0, 0.05) is 5.38 Å². The van der Waals surface area contributed by atoms with Crippen molar-refractivity contribution in [2.24, 2.45) is 5.92 Å². The standard InChI is InChI=1S/C18H18N2O4S/c1-10(2)15(18(23)24-8-12-9-25-11(3)19-12)20-16(21)13-6-4-5-7-14(13)17(20)22/h4-7,9-10,15H,8H2,1-3H3/t15-/m1/s1. The summed E-state index contributed by atoms with van der Waals surface area (Å²) in [5, 5.41) is 2.70. The zero-order chi connectivity index (χ0) is 18.1. The lowest BCUT2D eigenvalue weighted by atomic mass is 10.0. The molecule has 0 aliphatic carbocycles. The Labute approximate surface area is 149 Å². The Kier molecular flexibility index (Phi) is 4.67. The highest BCUT2D eigenvalue weighted by atomic mass is 32.1. The minimum Gasteiger partial charge on any atom is -0.458 e. The quantitative estimate of drug-likeness (QED) is 0.607. The van der Waals surface area contributed by atoms with E-state index >= 15 is 0 Å². The summed E-state index contributed by atoms with van der Waals surface area (Å²) in [6, 6.07) is 5.61. The third kappa shape index (κ3) is 3.19. The second-order valence-electron chi connectivity index (χ2n) is 6.18. The van der Waals surface area contributed by atoms with Gasteiger partial charge >= 0.3 is 5.97 Å². The van der Waals surface area contributed by atoms with Gasteiger partial charge in [-0.3, -0.25) is 14.5 Å². The van der Waals surface area contributed by atoms with Gasteiger partial charge in [0.2, 0.25) is 0 Å². The molecular weight excluding hydrogens is 340 g/mol. The Morgan fingerprint density at radius 3 is 2.28 bits per heavy atom. The molecule has 6 nitrogen and oxygen atoms in total. The first kappa shape index (κ1) is 17.3. The number of aromatic nitrogens is 1. The van der Waals surface area contributed by atoms with Crippen LogP contribution in [0.3, 0.4) is 0 Å². The molecule has 1 atom stereocenters. The molecule has 2 amide bonds. The van der Waals surface area contributed by atoms with Crippen LogP contribution in [0.15, 0.2) is 29.6 Å². The number of hydrogen-bond acceptors (Lipinski definition) is 6. The minimum atomic E-state index is -0.966. The van der Waals surface area contributed by atoms with Crippen molar-refractivity contribution in [2.75, 3.05) is 0 Å². The highest BCUT2D eigenvalue weighted by molar-refractivity contribution is 7.09. The zero-order valence-electron chi connectivity index (χ0n) is 14.2. The molecule has 25 heavy (non-hydrogen) atoms. The first-order valence-corrected chi connectivity index (χ1v) is 8.82. The van der Waals surface area contributed by atoms with Crippen LogP contribution in [0, 0.1) is 12.8 Å². The van der Waals surface area contributed by atoms with E-state index < -0.39 is 23.8 Å². The lowest BCUT2D eigenvalue weighted by Gasteiger charge is -2.27. The van der Waals surface area contributed by atoms with Crippen molar-refractivity contribution in [3.05, 3.63) is 51.5 Å². The van der Waals surface area contributed by atoms with Crippen LogP contribution in [0.1, 0.15) is 45.3 Å². The number of benzene rings is 1. The third-order valence-corrected chi connectivity index (χ3v) is 4.83. The van der Waals surface area contributed by atoms with Gasteiger partial charge in [-0.1, -0.05) is 26.0 Å². The van der Waals surface area contributed by atoms with Crippen molar-refractivity contribution < 1.29 is 19.1 Å². The molecule has 0 spiro atoms. The van der Waals surface area contributed by atoms with Crippen LogP contribution in [0.5, 0.6) is 0 Å². The van der Waals surface area contributed by atoms with E-state index in [2.05, 4.69) is 4.98 Å². The molecule has 1 aliphatic rings. The number of nitrogens with zero attached hydrogens (tertiary/aromatic N) is 2. The first-order valence-electron chi connectivity index (χ1n) is 7.94. The fourth-order valence-electron chi connectivity index (χ4n) is 2.84. The van der Waals surface area contributed by atoms with E-state index in [1.54, 1.807) is 38.1 Å². The van der Waals surface area contributed by atoms with Crippen molar-refractivity contribution in [1.82, 2.24) is 9.88 Å². The summed E-state index contributed by atoms with van der Waals surface area (Å²) in [5.74, 6) is -1.79. The summed E-state index contributed by atoms with van der Waals surface area (Å²) in [5.41, 5.74) is 1.29. The first-order chi connectivity index (χ1) is 11.9. The van der Waals surface area contributed by atoms with Gasteiger partial charge < -0.3 is 4.74 Å². The highest BCUT2D eigenvalue weighted by Crippen LogP contribution is 2.27. The van der Waals surface area contributed by atoms with Crippen LogP contribution < -0.4 is 0 Å². The maximum atomic E-state index is 12.6. The number of hydrogen-bond donors (Lipinski definition) is 0. The number of carbonyl (C=O) groups excluding carboxylic acids is 3. The molecule has 0 radical (unpaired) electrons. The molecule has 0 saturated heterocycles. The topological polar surface area (TPSA) is 76.6 Å². The van der Waals surface area contributed by atoms with Gasteiger partial charge in [-0.05, 0) is 25.0 Å². The number of amides is 2. The maximum Gasteiger partial charge on any atom is 0.330 e. The van der Waals surface area contributed by atoms with Crippen molar-refractivity contribution in [3.63, 3.8) is 0 Å². The summed E-state index contributed by atoms with van der Waals surface area (Å²) in [6.45, 7) is 5.45. The smallest absolute Gasteiger partial charge is 0.330 e. The molecule has 0 N–H and O–H groups in total. The van der Waals surface area contributed by atoms with Gasteiger partial charge in [-0.25, -0.2) is 9.78 Å². The molecular formula is C18H18N2O4S. The average Bonchev–Trinajstić information content (AvgIpc) is 3.10. The third-order valence-electron chi connectivity index (χ3n) is 4.01. The fourth-order valence-corrected chi connectivity index (χ4v) is 3.44. The molecule has 7 heteroatoms. The van der Waals surface area contributed by atoms with Gasteiger partial charge in [-0.2, -0.15) is 0 Å². The predicted octanol–water partition coefficient (Wildman–Crippen LogP) is 2.82. The molecule has 1 aromatic carbocycles. The number of thiazole rings is 1. The van der Waals surface area contributed by atoms with Gasteiger partial charge in [-0.15, -0.1) is 11.3 Å². The number of fused-ring (bicyclic) bond motifs is 1. The number of aryl methyl sites for hydroxylation is 1. The lowest BCUT2D eigenvalue weighted by molar-refractivity contribution is -0.151. The Bertz CT molecular complexity index is 808. The number of imide groups is 1. The largest absolute Gasteiger partial charge is 0.458 e. The van der Waals surface area contributed by atoms with Crippen LogP contribution in [0.25, 0.3) is 0 Å². The van der Waals surface area contributed by atoms with Crippen LogP contribution in [0.2, 0.25) is 0 Å². The van der Waals surface area contributed by atoms with Gasteiger partial charge in [0.15, 0.2) is 0 Å². The van der Waals surface area contributed by atoms with Crippen LogP contribution >= 0.6 is 11.3 Å². The highest BCUT2D eigenvalue weighted by Gasteiger charge is 2.44. The molecule has 1 aliphatic heterocycles. The SMILES string of the molecule is Cc1nc(COC(=O)[C@@H](C(C)C)N2C(=O)c3ccccc3C2=O)cs1. The Morgan fingerprint density at radius 1 is 1.20 bits per heavy atom. The maximum absolute atomic E-state index is 12.6. The Balaban J connectivity index is 1.81. The molecule has 1 aromatic heterocycles. The summed E-state index contributed by atoms with van der Waals surface area (Å²) >= 11 is 1.47. The van der Waals surface area contributed by atoms with Crippen LogP contribution in [0.4, 0.5) is 0 Å². The summed E-state index contributed by atoms with van der Waals surface area (Å²) in [6.07, 6.45) is 0. The van der Waals surface area contributed by atoms with E-state index in [4.69, 9.17) is 4.74 Å². The van der Waals surface area contributed by atoms with E-state index in [-0.39, 0.29) is 12.5 Å². The monoisotopic (exact) mass is 358 g/mol. The second-order valence-corrected chi connectivity index (χ2v) is 7.24. The molecule has 0 bridgehead atoms. The Morgan fingerprint density at radius 2 is 1.80 bits per heavy atom. The second kappa shape index (κ2) is 6.76. The molecule has 0 unspecified atom stereocenters. The zero-order valence-corrected chi connectivity index (χ0v) is 15.0. The van der Waals surface area contributed by atoms with Crippen molar-refractivity contribution >= 4 is 29.1 Å². The summed E-state index contributed by atoms with van der Waals surface area (Å²) < 4.78 is 5.33. The molecule has 2 aromatic rings. The van der Waals surface area contributed by atoms with Crippen LogP contribution in [-0.2, 0) is 16.1 Å². The summed E-state index contributed by atoms with van der Waals surface area (Å²) in [4.78, 5) is 43.1. The molecule has 130 valence electrons. The summed E-state index contributed by atoms with van der Waals surface area (Å²) in [7, 11) is 0. The minimum absolute atomic E-state index is 0.0234. The lowest BCUT2D eigenvalue weighted by Crippen LogP contribution is -2.48. The fraction of sp³-hybridized carbons (Fsp3) is 0.333. The predicted molar refractivity (Wildman–Crippen MR) is 92.2 cm³/mol. The van der Waals surface area contributed by atoms with E-state index in [1.165, 1.54) is 11.3 Å². The number of carbonyl (C=O) groups is 3. The van der Waals surface area contributed by atoms with E-state index in [0.29, 0.717) is 16.8 Å². The van der Waals surface area contributed by atoms with Gasteiger partial charge in [0.1, 0.15) is 12.6 Å². The number of esters is 1. The van der Waals surface area contributed by atoms with Gasteiger partial charge in [0.25, 0.3) is 11.8 Å². The van der Waals surface area contributed by atoms with Crippen molar-refractivity contribution in [2.45, 2.75) is 33.4 Å². The molecule has 2 heterocycles. The Hall–Kier alpha value is -2.54. The molecule has 3 rings (SSSR count). The number of rotatable bonds is 5. The van der Waals surface area contributed by atoms with E-state index in [0.717, 1.165) is 9.91 Å². The molecule has 0 saturated carbocycles. The van der Waals surface area contributed by atoms with E-state index in [9.17, 15) is 14.4 Å².